The molecule has 0 bridgehead atoms. The minimum absolute atomic E-state index is 0.133. The molecular weight excluding hydrogens is 350 g/mol. The molecule has 0 radical (unpaired) electrons. The predicted molar refractivity (Wildman–Crippen MR) is 109 cm³/mol. The van der Waals surface area contributed by atoms with Crippen LogP contribution in [0.15, 0.2) is 82.2 Å². The summed E-state index contributed by atoms with van der Waals surface area (Å²) in [5.41, 5.74) is 3.78. The third-order valence-electron chi connectivity index (χ3n) is 5.03. The van der Waals surface area contributed by atoms with E-state index in [0.29, 0.717) is 18.9 Å². The first kappa shape index (κ1) is 18.3. The summed E-state index contributed by atoms with van der Waals surface area (Å²) in [7, 11) is 0. The molecular formula is C24H24NO3+. The lowest BCUT2D eigenvalue weighted by Crippen LogP contribution is -3.10. The highest BCUT2D eigenvalue weighted by Crippen LogP contribution is 2.11. The lowest BCUT2D eigenvalue weighted by Gasteiger charge is -2.25. The zero-order valence-corrected chi connectivity index (χ0v) is 15.8. The van der Waals surface area contributed by atoms with Crippen molar-refractivity contribution < 1.29 is 14.1 Å². The van der Waals surface area contributed by atoms with Crippen LogP contribution in [0.2, 0.25) is 0 Å². The summed E-state index contributed by atoms with van der Waals surface area (Å²) in [5, 5.41) is 0. The molecule has 4 heteroatoms. The number of ether oxygens (including phenoxy) is 1. The SMILES string of the molecule is O=c1cc(C[NH+]2CCc3ccccc3C2)occ1OC/C=C/c1ccccc1. The van der Waals surface area contributed by atoms with Gasteiger partial charge in [-0.25, -0.2) is 0 Å². The largest absolute Gasteiger partial charge is 0.482 e. The van der Waals surface area contributed by atoms with Gasteiger partial charge in [-0.1, -0.05) is 60.7 Å². The summed E-state index contributed by atoms with van der Waals surface area (Å²) in [6.45, 7) is 3.04. The van der Waals surface area contributed by atoms with Crippen LogP contribution in [-0.4, -0.2) is 13.2 Å². The molecule has 4 nitrogen and oxygen atoms in total. The second-order valence-corrected chi connectivity index (χ2v) is 7.07. The molecule has 0 aliphatic carbocycles. The third kappa shape index (κ3) is 4.59. The van der Waals surface area contributed by atoms with Crippen molar-refractivity contribution in [3.8, 4) is 5.75 Å². The van der Waals surface area contributed by atoms with Gasteiger partial charge in [-0.15, -0.1) is 0 Å². The molecule has 1 unspecified atom stereocenters. The number of rotatable bonds is 6. The van der Waals surface area contributed by atoms with Gasteiger partial charge in [0.05, 0.1) is 6.54 Å². The molecule has 1 aliphatic heterocycles. The van der Waals surface area contributed by atoms with E-state index in [-0.39, 0.29) is 11.2 Å². The Kier molecular flexibility index (Phi) is 5.69. The van der Waals surface area contributed by atoms with Crippen LogP contribution in [0.25, 0.3) is 6.08 Å². The van der Waals surface area contributed by atoms with E-state index in [9.17, 15) is 4.79 Å². The topological polar surface area (TPSA) is 43.9 Å². The molecule has 2 aromatic carbocycles. The highest BCUT2D eigenvalue weighted by Gasteiger charge is 2.20. The molecule has 0 saturated heterocycles. The van der Waals surface area contributed by atoms with Crippen molar-refractivity contribution in [3.63, 3.8) is 0 Å². The van der Waals surface area contributed by atoms with Crippen LogP contribution in [0.4, 0.5) is 0 Å². The molecule has 0 saturated carbocycles. The van der Waals surface area contributed by atoms with Crippen molar-refractivity contribution in [2.24, 2.45) is 0 Å². The maximum Gasteiger partial charge on any atom is 0.227 e. The summed E-state index contributed by atoms with van der Waals surface area (Å²) in [6.07, 6.45) is 6.35. The van der Waals surface area contributed by atoms with Gasteiger partial charge in [0.25, 0.3) is 0 Å². The summed E-state index contributed by atoms with van der Waals surface area (Å²) >= 11 is 0. The minimum atomic E-state index is -0.133. The van der Waals surface area contributed by atoms with Gasteiger partial charge in [0.2, 0.25) is 11.2 Å². The van der Waals surface area contributed by atoms with Crippen molar-refractivity contribution in [2.75, 3.05) is 13.2 Å². The van der Waals surface area contributed by atoms with E-state index in [1.165, 1.54) is 22.3 Å². The van der Waals surface area contributed by atoms with E-state index in [0.717, 1.165) is 25.1 Å². The first-order chi connectivity index (χ1) is 13.8. The Labute approximate surface area is 164 Å². The summed E-state index contributed by atoms with van der Waals surface area (Å²) in [4.78, 5) is 13.7. The predicted octanol–water partition coefficient (Wildman–Crippen LogP) is 2.87. The molecule has 1 aromatic heterocycles. The molecule has 28 heavy (non-hydrogen) atoms. The molecule has 3 aromatic rings. The van der Waals surface area contributed by atoms with Crippen molar-refractivity contribution in [3.05, 3.63) is 106 Å². The Bertz CT molecular complexity index is 1010. The van der Waals surface area contributed by atoms with E-state index < -0.39 is 0 Å². The summed E-state index contributed by atoms with van der Waals surface area (Å²) in [5.74, 6) is 0.951. The number of hydrogen-bond acceptors (Lipinski definition) is 3. The molecule has 1 N–H and O–H groups in total. The molecule has 0 spiro atoms. The zero-order chi connectivity index (χ0) is 19.2. The average molecular weight is 374 g/mol. The Balaban J connectivity index is 1.33. The fraction of sp³-hybridized carbons (Fsp3) is 0.208. The first-order valence-electron chi connectivity index (χ1n) is 9.64. The van der Waals surface area contributed by atoms with Gasteiger partial charge in [-0.3, -0.25) is 4.79 Å². The molecule has 4 rings (SSSR count). The van der Waals surface area contributed by atoms with E-state index in [1.807, 2.05) is 42.5 Å². The molecule has 2 heterocycles. The van der Waals surface area contributed by atoms with Crippen LogP contribution in [0, 0.1) is 0 Å². The van der Waals surface area contributed by atoms with Gasteiger partial charge < -0.3 is 14.1 Å². The number of hydrogen-bond donors (Lipinski definition) is 1. The second-order valence-electron chi connectivity index (χ2n) is 7.07. The number of nitrogens with one attached hydrogen (secondary N) is 1. The number of fused-ring (bicyclic) bond motifs is 1. The monoisotopic (exact) mass is 374 g/mol. The number of benzene rings is 2. The van der Waals surface area contributed by atoms with Crippen LogP contribution in [0.5, 0.6) is 5.75 Å². The van der Waals surface area contributed by atoms with Crippen LogP contribution >= 0.6 is 0 Å². The Hall–Kier alpha value is -3.11. The number of quaternary nitrogens is 1. The van der Waals surface area contributed by atoms with Gasteiger partial charge in [0, 0.05) is 18.1 Å². The lowest BCUT2D eigenvalue weighted by molar-refractivity contribution is -0.930. The van der Waals surface area contributed by atoms with Crippen molar-refractivity contribution in [1.29, 1.82) is 0 Å². The Morgan fingerprint density at radius 1 is 1.04 bits per heavy atom. The van der Waals surface area contributed by atoms with Gasteiger partial charge in [-0.2, -0.15) is 0 Å². The maximum atomic E-state index is 12.3. The van der Waals surface area contributed by atoms with Gasteiger partial charge in [0.15, 0.2) is 5.76 Å². The minimum Gasteiger partial charge on any atom is -0.482 e. The first-order valence-corrected chi connectivity index (χ1v) is 9.64. The molecule has 1 aliphatic rings. The van der Waals surface area contributed by atoms with E-state index >= 15 is 0 Å². The molecule has 142 valence electrons. The lowest BCUT2D eigenvalue weighted by atomic mass is 10.00. The average Bonchev–Trinajstić information content (AvgIpc) is 2.73. The Morgan fingerprint density at radius 2 is 1.82 bits per heavy atom. The standard InChI is InChI=1S/C24H23NO3/c26-23-15-22(17-25-13-12-20-10-4-5-11-21(20)16-25)28-18-24(23)27-14-6-9-19-7-2-1-3-8-19/h1-11,15,18H,12-14,16-17H2/p+1/b9-6+. The zero-order valence-electron chi connectivity index (χ0n) is 15.8. The van der Waals surface area contributed by atoms with E-state index in [2.05, 4.69) is 24.3 Å². The summed E-state index contributed by atoms with van der Waals surface area (Å²) < 4.78 is 11.2. The van der Waals surface area contributed by atoms with E-state index in [4.69, 9.17) is 9.15 Å². The van der Waals surface area contributed by atoms with Crippen molar-refractivity contribution in [2.45, 2.75) is 19.5 Å². The van der Waals surface area contributed by atoms with Crippen LogP contribution < -0.4 is 15.1 Å². The Morgan fingerprint density at radius 3 is 2.64 bits per heavy atom. The highest BCUT2D eigenvalue weighted by molar-refractivity contribution is 5.48. The van der Waals surface area contributed by atoms with E-state index in [1.54, 1.807) is 6.07 Å². The van der Waals surface area contributed by atoms with Gasteiger partial charge in [-0.05, 0) is 17.2 Å². The fourth-order valence-electron chi connectivity index (χ4n) is 3.56. The molecule has 0 amide bonds. The van der Waals surface area contributed by atoms with Crippen molar-refractivity contribution in [1.82, 2.24) is 0 Å². The maximum absolute atomic E-state index is 12.3. The van der Waals surface area contributed by atoms with Crippen molar-refractivity contribution >= 4 is 6.08 Å². The summed E-state index contributed by atoms with van der Waals surface area (Å²) in [6, 6.07) is 20.1. The van der Waals surface area contributed by atoms with Gasteiger partial charge >= 0.3 is 0 Å². The highest BCUT2D eigenvalue weighted by atomic mass is 16.5. The van der Waals surface area contributed by atoms with Crippen LogP contribution in [0.1, 0.15) is 22.5 Å². The normalized spacial score (nSPS) is 16.1. The second kappa shape index (κ2) is 8.72. The molecule has 0 fully saturated rings. The smallest absolute Gasteiger partial charge is 0.227 e. The van der Waals surface area contributed by atoms with Crippen LogP contribution in [0.3, 0.4) is 0 Å². The third-order valence-corrected chi connectivity index (χ3v) is 5.03. The quantitative estimate of drug-likeness (QED) is 0.722. The van der Waals surface area contributed by atoms with Crippen LogP contribution in [-0.2, 0) is 19.5 Å². The fourth-order valence-corrected chi connectivity index (χ4v) is 3.56. The van der Waals surface area contributed by atoms with Gasteiger partial charge in [0.1, 0.15) is 26.0 Å². The molecule has 1 atom stereocenters.